The van der Waals surface area contributed by atoms with Crippen molar-refractivity contribution < 1.29 is 4.74 Å². The number of halogens is 1. The van der Waals surface area contributed by atoms with E-state index in [0.717, 1.165) is 23.4 Å². The summed E-state index contributed by atoms with van der Waals surface area (Å²) in [4.78, 5) is 4.32. The molecule has 1 atom stereocenters. The number of rotatable bonds is 4. The summed E-state index contributed by atoms with van der Waals surface area (Å²) >= 11 is 5.91. The molecule has 1 aromatic heterocycles. The van der Waals surface area contributed by atoms with Crippen LogP contribution in [0.2, 0.25) is 5.02 Å². The van der Waals surface area contributed by atoms with Crippen molar-refractivity contribution in [1.82, 2.24) is 4.98 Å². The van der Waals surface area contributed by atoms with Gasteiger partial charge in [-0.05, 0) is 49.2 Å². The van der Waals surface area contributed by atoms with Crippen LogP contribution in [0.4, 0.5) is 0 Å². The third-order valence-electron chi connectivity index (χ3n) is 2.94. The van der Waals surface area contributed by atoms with Gasteiger partial charge in [-0.1, -0.05) is 18.5 Å². The van der Waals surface area contributed by atoms with E-state index in [2.05, 4.69) is 4.98 Å². The number of pyridine rings is 1. The number of benzene rings is 1. The second-order valence-corrected chi connectivity index (χ2v) is 4.88. The van der Waals surface area contributed by atoms with Crippen LogP contribution in [0.3, 0.4) is 0 Å². The van der Waals surface area contributed by atoms with Gasteiger partial charge in [0.25, 0.3) is 0 Å². The van der Waals surface area contributed by atoms with Crippen LogP contribution in [-0.4, -0.2) is 4.98 Å². The fourth-order valence-electron chi connectivity index (χ4n) is 1.73. The molecule has 0 aliphatic heterocycles. The van der Waals surface area contributed by atoms with Crippen LogP contribution < -0.4 is 10.5 Å². The van der Waals surface area contributed by atoms with E-state index < -0.39 is 0 Å². The highest BCUT2D eigenvalue weighted by molar-refractivity contribution is 6.30. The summed E-state index contributed by atoms with van der Waals surface area (Å²) in [5.74, 6) is 1.47. The Morgan fingerprint density at radius 1 is 1.32 bits per heavy atom. The average molecular weight is 277 g/mol. The molecule has 100 valence electrons. The lowest BCUT2D eigenvalue weighted by Gasteiger charge is -2.11. The van der Waals surface area contributed by atoms with E-state index in [9.17, 15) is 0 Å². The zero-order chi connectivity index (χ0) is 13.8. The van der Waals surface area contributed by atoms with Crippen molar-refractivity contribution in [2.24, 2.45) is 5.73 Å². The molecule has 2 aromatic rings. The number of nitrogens with two attached hydrogens (primary N) is 1. The van der Waals surface area contributed by atoms with Gasteiger partial charge in [-0.15, -0.1) is 0 Å². The number of hydrogen-bond acceptors (Lipinski definition) is 3. The number of aryl methyl sites for hydroxylation is 1. The summed E-state index contributed by atoms with van der Waals surface area (Å²) in [5, 5.41) is 0.701. The lowest BCUT2D eigenvalue weighted by Crippen LogP contribution is -2.10. The van der Waals surface area contributed by atoms with Crippen molar-refractivity contribution in [3.05, 3.63) is 52.8 Å². The first-order chi connectivity index (χ1) is 9.10. The minimum atomic E-state index is -0.0219. The van der Waals surface area contributed by atoms with Crippen molar-refractivity contribution in [2.75, 3.05) is 0 Å². The first kappa shape index (κ1) is 13.8. The van der Waals surface area contributed by atoms with E-state index in [-0.39, 0.29) is 6.04 Å². The van der Waals surface area contributed by atoms with Crippen molar-refractivity contribution in [3.63, 3.8) is 0 Å². The third-order valence-corrected chi connectivity index (χ3v) is 3.18. The first-order valence-electron chi connectivity index (χ1n) is 6.25. The summed E-state index contributed by atoms with van der Waals surface area (Å²) < 4.78 is 5.77. The van der Waals surface area contributed by atoms with Gasteiger partial charge in [-0.2, -0.15) is 0 Å². The summed E-state index contributed by atoms with van der Waals surface area (Å²) in [6.07, 6.45) is 2.56. The zero-order valence-electron chi connectivity index (χ0n) is 11.1. The SMILES string of the molecule is CC[C@H](N)c1ccc(Oc2ccc(Cl)cc2C)cn1. The Morgan fingerprint density at radius 3 is 2.68 bits per heavy atom. The van der Waals surface area contributed by atoms with E-state index in [1.165, 1.54) is 0 Å². The highest BCUT2D eigenvalue weighted by atomic mass is 35.5. The molecule has 0 bridgehead atoms. The normalized spacial score (nSPS) is 12.2. The summed E-state index contributed by atoms with van der Waals surface area (Å²) in [6.45, 7) is 3.99. The topological polar surface area (TPSA) is 48.1 Å². The Bertz CT molecular complexity index is 555. The molecule has 1 aromatic carbocycles. The van der Waals surface area contributed by atoms with Crippen molar-refractivity contribution in [1.29, 1.82) is 0 Å². The molecule has 0 saturated heterocycles. The van der Waals surface area contributed by atoms with Gasteiger partial charge >= 0.3 is 0 Å². The maximum atomic E-state index is 5.92. The van der Waals surface area contributed by atoms with Gasteiger partial charge in [0, 0.05) is 11.1 Å². The lowest BCUT2D eigenvalue weighted by atomic mass is 10.1. The van der Waals surface area contributed by atoms with E-state index in [1.54, 1.807) is 12.3 Å². The summed E-state index contributed by atoms with van der Waals surface area (Å²) in [5.41, 5.74) is 7.78. The van der Waals surface area contributed by atoms with Crippen LogP contribution in [0.25, 0.3) is 0 Å². The molecule has 0 aliphatic rings. The zero-order valence-corrected chi connectivity index (χ0v) is 11.8. The predicted octanol–water partition coefficient (Wildman–Crippen LogP) is 4.25. The third kappa shape index (κ3) is 3.46. The molecule has 0 amide bonds. The van der Waals surface area contributed by atoms with E-state index >= 15 is 0 Å². The van der Waals surface area contributed by atoms with Crippen LogP contribution in [0.5, 0.6) is 11.5 Å². The molecule has 0 spiro atoms. The molecule has 3 nitrogen and oxygen atoms in total. The maximum absolute atomic E-state index is 5.92. The lowest BCUT2D eigenvalue weighted by molar-refractivity contribution is 0.475. The van der Waals surface area contributed by atoms with Gasteiger partial charge in [0.2, 0.25) is 0 Å². The molecule has 0 aliphatic carbocycles. The molecule has 0 radical (unpaired) electrons. The van der Waals surface area contributed by atoms with Gasteiger partial charge in [0.1, 0.15) is 11.5 Å². The second-order valence-electron chi connectivity index (χ2n) is 4.45. The smallest absolute Gasteiger partial charge is 0.145 e. The Hall–Kier alpha value is -1.58. The van der Waals surface area contributed by atoms with Gasteiger partial charge in [0.05, 0.1) is 11.9 Å². The summed E-state index contributed by atoms with van der Waals surface area (Å²) in [6, 6.07) is 9.28. The highest BCUT2D eigenvalue weighted by Crippen LogP contribution is 2.27. The number of hydrogen-bond donors (Lipinski definition) is 1. The predicted molar refractivity (Wildman–Crippen MR) is 77.7 cm³/mol. The maximum Gasteiger partial charge on any atom is 0.145 e. The van der Waals surface area contributed by atoms with Crippen LogP contribution in [-0.2, 0) is 0 Å². The van der Waals surface area contributed by atoms with Gasteiger partial charge < -0.3 is 10.5 Å². The number of nitrogens with zero attached hydrogens (tertiary/aromatic N) is 1. The molecule has 0 unspecified atom stereocenters. The number of ether oxygens (including phenoxy) is 1. The van der Waals surface area contributed by atoms with Crippen LogP contribution in [0, 0.1) is 6.92 Å². The molecule has 2 rings (SSSR count). The quantitative estimate of drug-likeness (QED) is 0.908. The second kappa shape index (κ2) is 6.04. The van der Waals surface area contributed by atoms with E-state index in [0.29, 0.717) is 10.8 Å². The van der Waals surface area contributed by atoms with Crippen molar-refractivity contribution in [3.8, 4) is 11.5 Å². The van der Waals surface area contributed by atoms with Crippen molar-refractivity contribution in [2.45, 2.75) is 26.3 Å². The first-order valence-corrected chi connectivity index (χ1v) is 6.63. The Labute approximate surface area is 118 Å². The van der Waals surface area contributed by atoms with Gasteiger partial charge in [-0.3, -0.25) is 4.98 Å². The molecule has 1 heterocycles. The fraction of sp³-hybridized carbons (Fsp3) is 0.267. The molecule has 0 fully saturated rings. The standard InChI is InChI=1S/C15H17ClN2O/c1-3-13(17)14-6-5-12(9-18-14)19-15-7-4-11(16)8-10(15)2/h4-9,13H,3,17H2,1-2H3/t13-/m0/s1. The highest BCUT2D eigenvalue weighted by Gasteiger charge is 2.06. The largest absolute Gasteiger partial charge is 0.455 e. The molecule has 2 N–H and O–H groups in total. The Kier molecular flexibility index (Phi) is 4.40. The van der Waals surface area contributed by atoms with Gasteiger partial charge in [0.15, 0.2) is 0 Å². The van der Waals surface area contributed by atoms with E-state index in [4.69, 9.17) is 22.1 Å². The van der Waals surface area contributed by atoms with Crippen molar-refractivity contribution >= 4 is 11.6 Å². The molecule has 4 heteroatoms. The fourth-order valence-corrected chi connectivity index (χ4v) is 1.96. The minimum absolute atomic E-state index is 0.0219. The van der Waals surface area contributed by atoms with Gasteiger partial charge in [-0.25, -0.2) is 0 Å². The Balaban J connectivity index is 2.15. The van der Waals surface area contributed by atoms with Crippen LogP contribution >= 0.6 is 11.6 Å². The minimum Gasteiger partial charge on any atom is -0.455 e. The molecule has 0 saturated carbocycles. The Morgan fingerprint density at radius 2 is 2.11 bits per heavy atom. The molecular formula is C15H17ClN2O. The van der Waals surface area contributed by atoms with Crippen LogP contribution in [0.1, 0.15) is 30.6 Å². The summed E-state index contributed by atoms with van der Waals surface area (Å²) in [7, 11) is 0. The van der Waals surface area contributed by atoms with E-state index in [1.807, 2.05) is 38.1 Å². The molecule has 19 heavy (non-hydrogen) atoms. The molecular weight excluding hydrogens is 260 g/mol. The monoisotopic (exact) mass is 276 g/mol. The van der Waals surface area contributed by atoms with Crippen LogP contribution in [0.15, 0.2) is 36.5 Å². The average Bonchev–Trinajstić information content (AvgIpc) is 2.42. The number of aromatic nitrogens is 1.